The SMILES string of the molecule is Cc1nnc(Sc2cccc(N(c3cc(C(=O)O)cc(C(=O)O)c3)S(=O)O)c2)s1. The van der Waals surface area contributed by atoms with Crippen molar-refractivity contribution >= 4 is 57.7 Å². The van der Waals surface area contributed by atoms with E-state index in [1.54, 1.807) is 24.3 Å². The molecule has 0 aliphatic heterocycles. The van der Waals surface area contributed by atoms with E-state index in [-0.39, 0.29) is 22.5 Å². The number of nitrogens with zero attached hydrogens (tertiary/aromatic N) is 3. The van der Waals surface area contributed by atoms with Crippen molar-refractivity contribution in [2.24, 2.45) is 0 Å². The zero-order valence-electron chi connectivity index (χ0n) is 14.7. The molecule has 0 amide bonds. The third-order valence-corrected chi connectivity index (χ3v) is 6.18. The Morgan fingerprint density at radius 1 is 1.03 bits per heavy atom. The van der Waals surface area contributed by atoms with Crippen LogP contribution in [0.1, 0.15) is 25.7 Å². The molecule has 0 spiro atoms. The van der Waals surface area contributed by atoms with E-state index in [4.69, 9.17) is 0 Å². The lowest BCUT2D eigenvalue weighted by Crippen LogP contribution is -2.20. The van der Waals surface area contributed by atoms with E-state index in [2.05, 4.69) is 10.2 Å². The summed E-state index contributed by atoms with van der Waals surface area (Å²) < 4.78 is 23.5. The van der Waals surface area contributed by atoms with Gasteiger partial charge in [-0.05, 0) is 43.3 Å². The monoisotopic (exact) mass is 451 g/mol. The van der Waals surface area contributed by atoms with Gasteiger partial charge in [-0.2, -0.15) is 0 Å². The summed E-state index contributed by atoms with van der Waals surface area (Å²) in [5.41, 5.74) is -0.400. The lowest BCUT2D eigenvalue weighted by molar-refractivity contribution is 0.0696. The van der Waals surface area contributed by atoms with Gasteiger partial charge in [0.25, 0.3) is 11.3 Å². The first kappa shape index (κ1) is 20.9. The number of carboxylic acids is 2. The largest absolute Gasteiger partial charge is 0.478 e. The average Bonchev–Trinajstić information content (AvgIpc) is 3.06. The van der Waals surface area contributed by atoms with Gasteiger partial charge < -0.3 is 10.2 Å². The Hall–Kier alpha value is -2.80. The molecular formula is C17H13N3O6S3. The molecule has 0 saturated heterocycles. The van der Waals surface area contributed by atoms with Crippen molar-refractivity contribution in [1.82, 2.24) is 10.2 Å². The molecule has 0 saturated carbocycles. The zero-order chi connectivity index (χ0) is 21.1. The summed E-state index contributed by atoms with van der Waals surface area (Å²) in [4.78, 5) is 23.4. The van der Waals surface area contributed by atoms with Crippen molar-refractivity contribution in [3.05, 3.63) is 58.6 Å². The maximum Gasteiger partial charge on any atom is 0.335 e. The molecule has 1 unspecified atom stereocenters. The van der Waals surface area contributed by atoms with E-state index in [1.807, 2.05) is 6.92 Å². The molecule has 9 nitrogen and oxygen atoms in total. The van der Waals surface area contributed by atoms with Crippen molar-refractivity contribution in [3.63, 3.8) is 0 Å². The van der Waals surface area contributed by atoms with E-state index < -0.39 is 23.2 Å². The Balaban J connectivity index is 2.05. The number of aryl methyl sites for hydroxylation is 1. The minimum absolute atomic E-state index is 0.0444. The summed E-state index contributed by atoms with van der Waals surface area (Å²) in [7, 11) is 0. The number of rotatable bonds is 7. The highest BCUT2D eigenvalue weighted by atomic mass is 32.2. The number of carbonyl (C=O) groups is 2. The molecular weight excluding hydrogens is 438 g/mol. The minimum atomic E-state index is -2.59. The first-order chi connectivity index (χ1) is 13.7. The topological polar surface area (TPSA) is 141 Å². The Labute approximate surface area is 175 Å². The summed E-state index contributed by atoms with van der Waals surface area (Å²) in [5.74, 6) is -2.71. The third-order valence-electron chi connectivity index (χ3n) is 3.57. The highest BCUT2D eigenvalue weighted by molar-refractivity contribution is 8.01. The summed E-state index contributed by atoms with van der Waals surface area (Å²) >= 11 is 0.123. The maximum absolute atomic E-state index is 12.1. The van der Waals surface area contributed by atoms with Crippen molar-refractivity contribution in [2.45, 2.75) is 16.2 Å². The van der Waals surface area contributed by atoms with Crippen LogP contribution in [-0.2, 0) is 11.3 Å². The number of hydrogen-bond donors (Lipinski definition) is 3. The molecule has 3 N–H and O–H groups in total. The fraction of sp³-hybridized carbons (Fsp3) is 0.0588. The van der Waals surface area contributed by atoms with Crippen LogP contribution in [0, 0.1) is 6.92 Å². The summed E-state index contributed by atoms with van der Waals surface area (Å²) in [6.07, 6.45) is 0. The number of aromatic carboxylic acids is 2. The number of anilines is 2. The minimum Gasteiger partial charge on any atom is -0.478 e. The Morgan fingerprint density at radius 2 is 1.69 bits per heavy atom. The van der Waals surface area contributed by atoms with Gasteiger partial charge in [0.1, 0.15) is 5.01 Å². The van der Waals surface area contributed by atoms with Crippen LogP contribution in [0.3, 0.4) is 0 Å². The lowest BCUT2D eigenvalue weighted by atomic mass is 10.1. The molecule has 0 aliphatic rings. The van der Waals surface area contributed by atoms with Crippen LogP contribution in [-0.4, -0.2) is 41.1 Å². The van der Waals surface area contributed by atoms with Crippen LogP contribution in [0.2, 0.25) is 0 Å². The number of benzene rings is 2. The molecule has 0 radical (unpaired) electrons. The van der Waals surface area contributed by atoms with E-state index in [9.17, 15) is 28.6 Å². The molecule has 29 heavy (non-hydrogen) atoms. The molecule has 1 aromatic heterocycles. The van der Waals surface area contributed by atoms with Gasteiger partial charge in [-0.15, -0.1) is 10.2 Å². The zero-order valence-corrected chi connectivity index (χ0v) is 17.1. The fourth-order valence-corrected chi connectivity index (χ4v) is 4.82. The molecule has 0 aliphatic carbocycles. The lowest BCUT2D eigenvalue weighted by Gasteiger charge is -2.21. The summed E-state index contributed by atoms with van der Waals surface area (Å²) in [6, 6.07) is 9.86. The van der Waals surface area contributed by atoms with Crippen molar-refractivity contribution in [3.8, 4) is 0 Å². The normalized spacial score (nSPS) is 11.8. The second-order valence-corrected chi connectivity index (χ2v) is 8.92. The highest BCUT2D eigenvalue weighted by Crippen LogP contribution is 2.35. The van der Waals surface area contributed by atoms with E-state index in [1.165, 1.54) is 23.1 Å². The molecule has 0 fully saturated rings. The molecule has 12 heteroatoms. The van der Waals surface area contributed by atoms with Crippen LogP contribution in [0.15, 0.2) is 51.7 Å². The van der Waals surface area contributed by atoms with Crippen LogP contribution in [0.5, 0.6) is 0 Å². The van der Waals surface area contributed by atoms with Gasteiger partial charge in [0, 0.05) is 4.90 Å². The third kappa shape index (κ3) is 4.98. The second-order valence-electron chi connectivity index (χ2n) is 5.59. The number of aromatic nitrogens is 2. The first-order valence-electron chi connectivity index (χ1n) is 7.85. The van der Waals surface area contributed by atoms with Crippen LogP contribution in [0.25, 0.3) is 0 Å². The van der Waals surface area contributed by atoms with Gasteiger partial charge in [0.05, 0.1) is 22.5 Å². The predicted molar refractivity (Wildman–Crippen MR) is 108 cm³/mol. The van der Waals surface area contributed by atoms with E-state index in [0.717, 1.165) is 27.5 Å². The van der Waals surface area contributed by atoms with Gasteiger partial charge in [-0.25, -0.2) is 18.1 Å². The van der Waals surface area contributed by atoms with Gasteiger partial charge >= 0.3 is 11.9 Å². The standard InChI is InChI=1S/C17H13N3O6S3/c1-9-18-19-17(27-9)28-14-4-2-3-12(8-14)20(29(25)26)13-6-10(15(21)22)5-11(7-13)16(23)24/h2-8H,1H3,(H,21,22)(H,23,24)(H,25,26). The molecule has 3 rings (SSSR count). The number of carboxylic acid groups (broad SMARTS) is 2. The van der Waals surface area contributed by atoms with Gasteiger partial charge in [-0.1, -0.05) is 29.2 Å². The maximum atomic E-state index is 12.1. The van der Waals surface area contributed by atoms with Crippen molar-refractivity contribution in [2.75, 3.05) is 4.31 Å². The average molecular weight is 452 g/mol. The summed E-state index contributed by atoms with van der Waals surface area (Å²) in [5, 5.41) is 27.3. The van der Waals surface area contributed by atoms with Gasteiger partial charge in [0.15, 0.2) is 4.34 Å². The molecule has 0 bridgehead atoms. The van der Waals surface area contributed by atoms with Crippen LogP contribution < -0.4 is 4.31 Å². The molecule has 150 valence electrons. The Kier molecular flexibility index (Phi) is 6.27. The van der Waals surface area contributed by atoms with Crippen LogP contribution in [0.4, 0.5) is 11.4 Å². The quantitative estimate of drug-likeness (QED) is 0.459. The molecule has 2 aromatic carbocycles. The van der Waals surface area contributed by atoms with Crippen molar-refractivity contribution in [1.29, 1.82) is 0 Å². The van der Waals surface area contributed by atoms with Gasteiger partial charge in [-0.3, -0.25) is 4.55 Å². The predicted octanol–water partition coefficient (Wildman–Crippen LogP) is 3.67. The second kappa shape index (κ2) is 8.69. The van der Waals surface area contributed by atoms with Gasteiger partial charge in [0.2, 0.25) is 0 Å². The Morgan fingerprint density at radius 3 is 2.21 bits per heavy atom. The Bertz CT molecular complexity index is 1090. The van der Waals surface area contributed by atoms with E-state index >= 15 is 0 Å². The fourth-order valence-electron chi connectivity index (χ4n) is 2.40. The first-order valence-corrected chi connectivity index (χ1v) is 10.5. The molecule has 1 heterocycles. The number of hydrogen-bond acceptors (Lipinski definition) is 7. The summed E-state index contributed by atoms with van der Waals surface area (Å²) in [6.45, 7) is 1.82. The van der Waals surface area contributed by atoms with Crippen LogP contribution >= 0.6 is 23.1 Å². The van der Waals surface area contributed by atoms with E-state index in [0.29, 0.717) is 9.24 Å². The molecule has 1 atom stereocenters. The highest BCUT2D eigenvalue weighted by Gasteiger charge is 2.20. The smallest absolute Gasteiger partial charge is 0.335 e. The van der Waals surface area contributed by atoms with Crippen molar-refractivity contribution < 1.29 is 28.6 Å². The molecule has 3 aromatic rings.